The topological polar surface area (TPSA) is 69.6 Å². The van der Waals surface area contributed by atoms with Crippen molar-refractivity contribution in [2.24, 2.45) is 5.92 Å². The highest BCUT2D eigenvalue weighted by atomic mass is 16.5. The molecule has 1 fully saturated rings. The first-order valence-corrected chi connectivity index (χ1v) is 6.33. The summed E-state index contributed by atoms with van der Waals surface area (Å²) in [5.41, 5.74) is 0.533. The number of nitrogens with zero attached hydrogens (tertiary/aromatic N) is 2. The minimum Gasteiger partial charge on any atom is -0.381 e. The molecule has 1 N–H and O–H groups in total. The van der Waals surface area contributed by atoms with E-state index < -0.39 is 0 Å². The minimum atomic E-state index is -0.159. The van der Waals surface area contributed by atoms with Crippen LogP contribution in [0.1, 0.15) is 18.2 Å². The third-order valence-corrected chi connectivity index (χ3v) is 3.70. The Morgan fingerprint density at radius 3 is 3.00 bits per heavy atom. The van der Waals surface area contributed by atoms with Gasteiger partial charge in [0.25, 0.3) is 5.56 Å². The summed E-state index contributed by atoms with van der Waals surface area (Å²) < 4.78 is 5.08. The summed E-state index contributed by atoms with van der Waals surface area (Å²) in [6, 6.07) is 0. The second-order valence-electron chi connectivity index (χ2n) is 5.30. The van der Waals surface area contributed by atoms with Crippen LogP contribution in [0.3, 0.4) is 0 Å². The third-order valence-electron chi connectivity index (χ3n) is 3.70. The second kappa shape index (κ2) is 4.28. The molecular formula is C12H17N3O3. The number of likely N-dealkylation sites (tertiary alicyclic amines) is 1. The lowest BCUT2D eigenvalue weighted by Gasteiger charge is -2.38. The predicted octanol–water partition coefficient (Wildman–Crippen LogP) is -0.196. The first kappa shape index (κ1) is 11.5. The van der Waals surface area contributed by atoms with Crippen LogP contribution < -0.4 is 5.56 Å². The van der Waals surface area contributed by atoms with E-state index in [1.807, 2.05) is 0 Å². The molecule has 2 aliphatic rings. The van der Waals surface area contributed by atoms with Crippen LogP contribution in [-0.4, -0.2) is 47.0 Å². The zero-order valence-corrected chi connectivity index (χ0v) is 10.4. The number of nitrogens with one attached hydrogen (secondary N) is 1. The molecule has 0 atom stereocenters. The maximum Gasteiger partial charge on any atom is 0.283 e. The van der Waals surface area contributed by atoms with E-state index in [2.05, 4.69) is 17.0 Å². The van der Waals surface area contributed by atoms with Crippen LogP contribution in [0.15, 0.2) is 9.32 Å². The molecule has 0 spiro atoms. The van der Waals surface area contributed by atoms with E-state index in [-0.39, 0.29) is 11.5 Å². The van der Waals surface area contributed by atoms with Crippen molar-refractivity contribution in [3.63, 3.8) is 0 Å². The number of carbonyl (C=O) groups excluding carboxylic acids is 1. The van der Waals surface area contributed by atoms with Crippen molar-refractivity contribution in [3.8, 4) is 0 Å². The SMILES string of the molecule is CC1CN(CC(=O)N2CCc3c(o[nH]c3=O)C2)C1. The molecule has 0 unspecified atom stereocenters. The van der Waals surface area contributed by atoms with E-state index in [0.717, 1.165) is 13.1 Å². The van der Waals surface area contributed by atoms with Gasteiger partial charge in [-0.15, -0.1) is 0 Å². The Morgan fingerprint density at radius 1 is 1.50 bits per heavy atom. The average molecular weight is 251 g/mol. The van der Waals surface area contributed by atoms with E-state index in [9.17, 15) is 9.59 Å². The lowest BCUT2D eigenvalue weighted by molar-refractivity contribution is -0.135. The molecule has 98 valence electrons. The molecular weight excluding hydrogens is 234 g/mol. The van der Waals surface area contributed by atoms with E-state index in [4.69, 9.17) is 4.52 Å². The Labute approximate surface area is 105 Å². The molecule has 1 aromatic heterocycles. The molecule has 0 bridgehead atoms. The summed E-state index contributed by atoms with van der Waals surface area (Å²) in [5, 5.41) is 2.33. The molecule has 18 heavy (non-hydrogen) atoms. The Bertz CT molecular complexity index is 513. The van der Waals surface area contributed by atoms with Crippen molar-refractivity contribution in [2.45, 2.75) is 19.9 Å². The number of rotatable bonds is 2. The standard InChI is InChI=1S/C12H17N3O3/c1-8-4-14(5-8)7-11(16)15-3-2-9-10(6-15)18-13-12(9)17/h8H,2-7H2,1H3,(H,13,17). The van der Waals surface area contributed by atoms with Gasteiger partial charge in [0.2, 0.25) is 5.91 Å². The second-order valence-corrected chi connectivity index (χ2v) is 5.30. The summed E-state index contributed by atoms with van der Waals surface area (Å²) in [7, 11) is 0. The number of H-pyrrole nitrogens is 1. The van der Waals surface area contributed by atoms with Crippen LogP contribution in [0, 0.1) is 5.92 Å². The highest BCUT2D eigenvalue weighted by Gasteiger charge is 2.29. The zero-order chi connectivity index (χ0) is 12.7. The molecule has 3 rings (SSSR count). The van der Waals surface area contributed by atoms with E-state index in [1.165, 1.54) is 0 Å². The molecule has 6 nitrogen and oxygen atoms in total. The maximum absolute atomic E-state index is 12.1. The zero-order valence-electron chi connectivity index (χ0n) is 10.4. The Hall–Kier alpha value is -1.56. The maximum atomic E-state index is 12.1. The highest BCUT2D eigenvalue weighted by molar-refractivity contribution is 5.78. The molecule has 0 aromatic carbocycles. The van der Waals surface area contributed by atoms with Gasteiger partial charge in [0.15, 0.2) is 5.76 Å². The van der Waals surface area contributed by atoms with Crippen LogP contribution in [-0.2, 0) is 17.8 Å². The fourth-order valence-corrected chi connectivity index (χ4v) is 2.70. The van der Waals surface area contributed by atoms with E-state index in [1.54, 1.807) is 4.90 Å². The third kappa shape index (κ3) is 1.96. The van der Waals surface area contributed by atoms with Crippen LogP contribution in [0.5, 0.6) is 0 Å². The summed E-state index contributed by atoms with van der Waals surface area (Å²) in [6.45, 7) is 5.69. The van der Waals surface area contributed by atoms with E-state index >= 15 is 0 Å². The fraction of sp³-hybridized carbons (Fsp3) is 0.667. The first-order valence-electron chi connectivity index (χ1n) is 6.33. The molecule has 1 saturated heterocycles. The number of amides is 1. The number of hydrogen-bond acceptors (Lipinski definition) is 4. The quantitative estimate of drug-likeness (QED) is 0.790. The number of aromatic nitrogens is 1. The highest BCUT2D eigenvalue weighted by Crippen LogP contribution is 2.17. The summed E-state index contributed by atoms with van der Waals surface area (Å²) in [6.07, 6.45) is 0.587. The number of carbonyl (C=O) groups is 1. The fourth-order valence-electron chi connectivity index (χ4n) is 2.70. The van der Waals surface area contributed by atoms with Gasteiger partial charge in [0.05, 0.1) is 18.7 Å². The Balaban J connectivity index is 1.61. The first-order chi connectivity index (χ1) is 8.63. The lowest BCUT2D eigenvalue weighted by Crippen LogP contribution is -2.51. The van der Waals surface area contributed by atoms with Crippen LogP contribution in [0.25, 0.3) is 0 Å². The average Bonchev–Trinajstić information content (AvgIpc) is 2.68. The molecule has 1 amide bonds. The van der Waals surface area contributed by atoms with E-state index in [0.29, 0.717) is 43.3 Å². The van der Waals surface area contributed by atoms with Crippen molar-refractivity contribution in [2.75, 3.05) is 26.2 Å². The van der Waals surface area contributed by atoms with Gasteiger partial charge in [-0.2, -0.15) is 5.16 Å². The molecule has 2 aliphatic heterocycles. The molecule has 6 heteroatoms. The number of aromatic amines is 1. The summed E-state index contributed by atoms with van der Waals surface area (Å²) in [4.78, 5) is 27.3. The van der Waals surface area contributed by atoms with Gasteiger partial charge >= 0.3 is 0 Å². The summed E-state index contributed by atoms with van der Waals surface area (Å²) in [5.74, 6) is 1.43. The minimum absolute atomic E-state index is 0.122. The van der Waals surface area contributed by atoms with Crippen molar-refractivity contribution in [1.29, 1.82) is 0 Å². The largest absolute Gasteiger partial charge is 0.381 e. The van der Waals surface area contributed by atoms with Gasteiger partial charge in [-0.3, -0.25) is 14.5 Å². The van der Waals surface area contributed by atoms with Gasteiger partial charge in [-0.25, -0.2) is 0 Å². The Morgan fingerprint density at radius 2 is 2.28 bits per heavy atom. The lowest BCUT2D eigenvalue weighted by atomic mass is 10.0. The van der Waals surface area contributed by atoms with Crippen molar-refractivity contribution in [3.05, 3.63) is 21.7 Å². The number of hydrogen-bond donors (Lipinski definition) is 1. The van der Waals surface area contributed by atoms with Gasteiger partial charge in [0, 0.05) is 19.6 Å². The van der Waals surface area contributed by atoms with Crippen LogP contribution >= 0.6 is 0 Å². The molecule has 1 aromatic rings. The smallest absolute Gasteiger partial charge is 0.283 e. The molecule has 0 aliphatic carbocycles. The Kier molecular flexibility index (Phi) is 2.74. The van der Waals surface area contributed by atoms with Crippen molar-refractivity contribution in [1.82, 2.24) is 15.0 Å². The molecule has 3 heterocycles. The van der Waals surface area contributed by atoms with Gasteiger partial charge < -0.3 is 9.42 Å². The summed E-state index contributed by atoms with van der Waals surface area (Å²) >= 11 is 0. The van der Waals surface area contributed by atoms with Crippen LogP contribution in [0.4, 0.5) is 0 Å². The normalized spacial score (nSPS) is 20.6. The van der Waals surface area contributed by atoms with Gasteiger partial charge in [-0.05, 0) is 12.3 Å². The van der Waals surface area contributed by atoms with Crippen LogP contribution in [0.2, 0.25) is 0 Å². The predicted molar refractivity (Wildman–Crippen MR) is 64.1 cm³/mol. The van der Waals surface area contributed by atoms with Gasteiger partial charge in [-0.1, -0.05) is 6.92 Å². The molecule has 0 saturated carbocycles. The van der Waals surface area contributed by atoms with Crippen molar-refractivity contribution >= 4 is 5.91 Å². The molecule has 0 radical (unpaired) electrons. The van der Waals surface area contributed by atoms with Crippen molar-refractivity contribution < 1.29 is 9.32 Å². The van der Waals surface area contributed by atoms with Gasteiger partial charge in [0.1, 0.15) is 0 Å². The monoisotopic (exact) mass is 251 g/mol. The number of fused-ring (bicyclic) bond motifs is 1.